The average Bonchev–Trinajstić information content (AvgIpc) is 3.21. The van der Waals surface area contributed by atoms with Crippen molar-refractivity contribution < 1.29 is 14.6 Å². The van der Waals surface area contributed by atoms with Crippen molar-refractivity contribution >= 4 is 28.6 Å². The largest absolute Gasteiger partial charge is 0.478 e. The Hall–Kier alpha value is -4.36. The number of aromatic nitrogens is 3. The molecule has 0 unspecified atom stereocenters. The number of nitrogens with zero attached hydrogens (tertiary/aromatic N) is 1. The van der Waals surface area contributed by atoms with Crippen molar-refractivity contribution in [3.63, 3.8) is 0 Å². The minimum atomic E-state index is -1.02. The van der Waals surface area contributed by atoms with Crippen molar-refractivity contribution in [2.75, 3.05) is 0 Å². The highest BCUT2D eigenvalue weighted by Gasteiger charge is 2.13. The number of hydrogen-bond acceptors (Lipinski definition) is 4. The molecule has 168 valence electrons. The number of carbonyl (C=O) groups is 1. The summed E-state index contributed by atoms with van der Waals surface area (Å²) in [7, 11) is 0. The van der Waals surface area contributed by atoms with E-state index in [1.165, 1.54) is 6.07 Å². The van der Waals surface area contributed by atoms with Crippen LogP contribution in [0.15, 0.2) is 77.7 Å². The molecule has 0 spiro atoms. The first kappa shape index (κ1) is 21.5. The summed E-state index contributed by atoms with van der Waals surface area (Å²) in [6, 6.07) is 19.8. The lowest BCUT2D eigenvalue weighted by Crippen LogP contribution is -2.06. The molecular formula is C26H18ClN3O4. The van der Waals surface area contributed by atoms with E-state index in [2.05, 4.69) is 15.0 Å². The molecule has 8 heteroatoms. The number of carboxylic acids is 1. The molecule has 5 aromatic rings. The Kier molecular flexibility index (Phi) is 5.39. The van der Waals surface area contributed by atoms with Crippen LogP contribution in [0.1, 0.15) is 15.9 Å². The normalized spacial score (nSPS) is 11.0. The van der Waals surface area contributed by atoms with Gasteiger partial charge in [-0.05, 0) is 60.0 Å². The molecule has 0 aliphatic rings. The van der Waals surface area contributed by atoms with Gasteiger partial charge in [0.25, 0.3) is 11.6 Å². The second-order valence-electron chi connectivity index (χ2n) is 7.77. The number of aromatic amines is 2. The van der Waals surface area contributed by atoms with E-state index in [1.54, 1.807) is 43.5 Å². The van der Waals surface area contributed by atoms with E-state index in [-0.39, 0.29) is 17.1 Å². The zero-order chi connectivity index (χ0) is 23.8. The minimum Gasteiger partial charge on any atom is -0.478 e. The topological polar surface area (TPSA) is 108 Å². The Morgan fingerprint density at radius 3 is 2.44 bits per heavy atom. The monoisotopic (exact) mass is 471 g/mol. The zero-order valence-electron chi connectivity index (χ0n) is 17.9. The van der Waals surface area contributed by atoms with Gasteiger partial charge in [0, 0.05) is 17.3 Å². The summed E-state index contributed by atoms with van der Waals surface area (Å²) in [6.07, 6.45) is 1.60. The van der Waals surface area contributed by atoms with Crippen LogP contribution < -0.4 is 10.3 Å². The van der Waals surface area contributed by atoms with Gasteiger partial charge in [-0.3, -0.25) is 4.79 Å². The van der Waals surface area contributed by atoms with Crippen LogP contribution in [-0.2, 0) is 0 Å². The third-order valence-corrected chi connectivity index (χ3v) is 5.84. The van der Waals surface area contributed by atoms with Crippen LogP contribution in [-0.4, -0.2) is 26.0 Å². The lowest BCUT2D eigenvalue weighted by molar-refractivity contribution is 0.0695. The molecule has 0 saturated heterocycles. The number of fused-ring (bicyclic) bond motifs is 1. The van der Waals surface area contributed by atoms with Gasteiger partial charge in [0.15, 0.2) is 0 Å². The van der Waals surface area contributed by atoms with Crippen LogP contribution in [0.3, 0.4) is 0 Å². The molecule has 0 bridgehead atoms. The maximum Gasteiger partial charge on any atom is 0.336 e. The Morgan fingerprint density at radius 1 is 1.00 bits per heavy atom. The van der Waals surface area contributed by atoms with Crippen LogP contribution in [0, 0.1) is 6.92 Å². The van der Waals surface area contributed by atoms with Gasteiger partial charge in [0.05, 0.1) is 21.6 Å². The highest BCUT2D eigenvalue weighted by atomic mass is 35.5. The van der Waals surface area contributed by atoms with Crippen molar-refractivity contribution in [3.8, 4) is 34.0 Å². The summed E-state index contributed by atoms with van der Waals surface area (Å²) in [5, 5.41) is 9.85. The van der Waals surface area contributed by atoms with Gasteiger partial charge in [-0.15, -0.1) is 0 Å². The van der Waals surface area contributed by atoms with Crippen molar-refractivity contribution in [2.24, 2.45) is 0 Å². The predicted octanol–water partition coefficient (Wildman–Crippen LogP) is 6.04. The number of hydrogen-bond donors (Lipinski definition) is 3. The fourth-order valence-corrected chi connectivity index (χ4v) is 4.03. The van der Waals surface area contributed by atoms with E-state index in [4.69, 9.17) is 16.3 Å². The highest BCUT2D eigenvalue weighted by molar-refractivity contribution is 6.34. The number of benzene rings is 3. The third kappa shape index (κ3) is 4.04. The molecule has 0 amide bonds. The number of pyridine rings is 1. The summed E-state index contributed by atoms with van der Waals surface area (Å²) in [5.41, 5.74) is 5.03. The lowest BCUT2D eigenvalue weighted by Gasteiger charge is -2.06. The Labute approximate surface area is 198 Å². The van der Waals surface area contributed by atoms with Crippen LogP contribution in [0.25, 0.3) is 33.3 Å². The van der Waals surface area contributed by atoms with Gasteiger partial charge in [0.2, 0.25) is 0 Å². The average molecular weight is 472 g/mol. The number of nitrogens with one attached hydrogen (secondary N) is 2. The maximum atomic E-state index is 12.0. The van der Waals surface area contributed by atoms with Crippen molar-refractivity contribution in [1.29, 1.82) is 0 Å². The second-order valence-corrected chi connectivity index (χ2v) is 8.17. The van der Waals surface area contributed by atoms with E-state index < -0.39 is 5.97 Å². The number of ether oxygens (including phenoxy) is 1. The Morgan fingerprint density at radius 2 is 1.74 bits per heavy atom. The third-order valence-electron chi connectivity index (χ3n) is 5.53. The second kappa shape index (κ2) is 8.53. The van der Waals surface area contributed by atoms with Gasteiger partial charge in [-0.2, -0.15) is 4.98 Å². The van der Waals surface area contributed by atoms with Gasteiger partial charge in [-0.1, -0.05) is 41.9 Å². The first-order chi connectivity index (χ1) is 16.4. The van der Waals surface area contributed by atoms with Crippen molar-refractivity contribution in [1.82, 2.24) is 15.0 Å². The molecule has 3 aromatic carbocycles. The summed E-state index contributed by atoms with van der Waals surface area (Å²) in [5.74, 6) is -0.660. The van der Waals surface area contributed by atoms with E-state index in [0.717, 1.165) is 16.7 Å². The molecule has 3 N–H and O–H groups in total. The molecule has 0 radical (unpaired) electrons. The summed E-state index contributed by atoms with van der Waals surface area (Å²) in [4.78, 5) is 33.6. The van der Waals surface area contributed by atoms with E-state index in [0.29, 0.717) is 32.9 Å². The highest BCUT2D eigenvalue weighted by Crippen LogP contribution is 2.34. The molecule has 2 heterocycles. The van der Waals surface area contributed by atoms with Gasteiger partial charge < -0.3 is 19.8 Å². The number of aromatic carboxylic acids is 1. The molecule has 0 aliphatic heterocycles. The van der Waals surface area contributed by atoms with Crippen LogP contribution in [0.2, 0.25) is 5.02 Å². The van der Waals surface area contributed by atoms with E-state index in [9.17, 15) is 14.7 Å². The molecule has 0 fully saturated rings. The maximum absolute atomic E-state index is 12.0. The number of carboxylic acid groups (broad SMARTS) is 1. The van der Waals surface area contributed by atoms with Crippen LogP contribution in [0.4, 0.5) is 0 Å². The summed E-state index contributed by atoms with van der Waals surface area (Å²) >= 11 is 6.55. The summed E-state index contributed by atoms with van der Waals surface area (Å²) in [6.45, 7) is 1.72. The Balaban J connectivity index is 1.46. The first-order valence-corrected chi connectivity index (χ1v) is 10.8. The predicted molar refractivity (Wildman–Crippen MR) is 131 cm³/mol. The van der Waals surface area contributed by atoms with Gasteiger partial charge >= 0.3 is 5.97 Å². The SMILES string of the molecule is Cc1ccc(Oc2nc3cc(-c4ccc(-c5ccc[nH]c5=O)cc4)c(Cl)cc3[nH]2)cc1C(=O)O. The van der Waals surface area contributed by atoms with Crippen LogP contribution in [0.5, 0.6) is 11.8 Å². The first-order valence-electron chi connectivity index (χ1n) is 10.4. The van der Waals surface area contributed by atoms with E-state index in [1.807, 2.05) is 30.3 Å². The number of rotatable bonds is 5. The molecule has 0 atom stereocenters. The lowest BCUT2D eigenvalue weighted by atomic mass is 10.0. The number of H-pyrrole nitrogens is 2. The van der Waals surface area contributed by atoms with Crippen LogP contribution >= 0.6 is 11.6 Å². The molecule has 34 heavy (non-hydrogen) atoms. The van der Waals surface area contributed by atoms with Gasteiger partial charge in [-0.25, -0.2) is 4.79 Å². The van der Waals surface area contributed by atoms with Crippen molar-refractivity contribution in [3.05, 3.63) is 99.4 Å². The Bertz CT molecular complexity index is 1600. The molecule has 2 aromatic heterocycles. The standard InChI is InChI=1S/C26H18ClN3O4/c1-14-4-9-17(11-19(14)25(32)33)34-26-29-22-12-20(21(27)13-23(22)30-26)16-7-5-15(6-8-16)18-3-2-10-28-24(18)31/h2-13H,1H3,(H,28,31)(H,29,30)(H,32,33). The molecular weight excluding hydrogens is 454 g/mol. The minimum absolute atomic E-state index is 0.150. The molecule has 7 nitrogen and oxygen atoms in total. The number of halogens is 1. The number of aryl methyl sites for hydroxylation is 1. The summed E-state index contributed by atoms with van der Waals surface area (Å²) < 4.78 is 5.76. The quantitative estimate of drug-likeness (QED) is 0.289. The molecule has 0 aliphatic carbocycles. The van der Waals surface area contributed by atoms with Gasteiger partial charge in [0.1, 0.15) is 5.75 Å². The fourth-order valence-electron chi connectivity index (χ4n) is 3.76. The molecule has 5 rings (SSSR count). The smallest absolute Gasteiger partial charge is 0.336 e. The zero-order valence-corrected chi connectivity index (χ0v) is 18.7. The fraction of sp³-hybridized carbons (Fsp3) is 0.0385. The molecule has 0 saturated carbocycles. The van der Waals surface area contributed by atoms with E-state index >= 15 is 0 Å². The van der Waals surface area contributed by atoms with Crippen molar-refractivity contribution in [2.45, 2.75) is 6.92 Å². The number of imidazole rings is 1.